The summed E-state index contributed by atoms with van der Waals surface area (Å²) in [6.07, 6.45) is 0.774. The van der Waals surface area contributed by atoms with Gasteiger partial charge in [-0.15, -0.1) is 11.8 Å². The number of hydrogen-bond acceptors (Lipinski definition) is 6. The van der Waals surface area contributed by atoms with Gasteiger partial charge in [0, 0.05) is 12.2 Å². The van der Waals surface area contributed by atoms with E-state index in [1.807, 2.05) is 61.5 Å². The third kappa shape index (κ3) is 4.57. The highest BCUT2D eigenvalue weighted by Crippen LogP contribution is 2.30. The smallest absolute Gasteiger partial charge is 0.316 e. The molecular weight excluding hydrogens is 404 g/mol. The Kier molecular flexibility index (Phi) is 6.06. The van der Waals surface area contributed by atoms with E-state index in [9.17, 15) is 9.59 Å². The summed E-state index contributed by atoms with van der Waals surface area (Å²) >= 11 is 2.79. The lowest BCUT2D eigenvalue weighted by atomic mass is 10.2. The van der Waals surface area contributed by atoms with Gasteiger partial charge in [0.1, 0.15) is 6.61 Å². The average molecular weight is 425 g/mol. The number of hydrogen-bond donors (Lipinski definition) is 0. The van der Waals surface area contributed by atoms with Gasteiger partial charge in [-0.05, 0) is 24.6 Å². The van der Waals surface area contributed by atoms with E-state index in [1.54, 1.807) is 16.3 Å². The maximum Gasteiger partial charge on any atom is 0.316 e. The quantitative estimate of drug-likeness (QED) is 0.338. The highest BCUT2D eigenvalue weighted by Gasteiger charge is 2.23. The second kappa shape index (κ2) is 8.88. The molecule has 2 heterocycles. The summed E-state index contributed by atoms with van der Waals surface area (Å²) in [7, 11) is 0. The molecule has 0 saturated heterocycles. The number of benzene rings is 2. The van der Waals surface area contributed by atoms with E-state index in [4.69, 9.17) is 9.72 Å². The highest BCUT2D eigenvalue weighted by molar-refractivity contribution is 8.00. The highest BCUT2D eigenvalue weighted by atomic mass is 32.2. The van der Waals surface area contributed by atoms with Crippen molar-refractivity contribution in [3.05, 3.63) is 81.8 Å². The van der Waals surface area contributed by atoms with Crippen LogP contribution in [0.4, 0.5) is 0 Å². The molecule has 29 heavy (non-hydrogen) atoms. The second-order valence-electron chi connectivity index (χ2n) is 6.68. The van der Waals surface area contributed by atoms with Gasteiger partial charge in [-0.2, -0.15) is 0 Å². The standard InChI is InChI=1S/C22H20N2O3S2/c1-15-7-9-17(10-8-15)24-21(26)20-18(11-12-28-20)23-22(24)29-14-19(25)27-13-16-5-3-2-4-6-16/h2-10H,11-14H2,1H3. The number of aryl methyl sites for hydroxylation is 2. The number of thioether (sulfide) groups is 2. The van der Waals surface area contributed by atoms with Crippen molar-refractivity contribution in [2.24, 2.45) is 0 Å². The van der Waals surface area contributed by atoms with E-state index < -0.39 is 0 Å². The number of fused-ring (bicyclic) bond motifs is 1. The summed E-state index contributed by atoms with van der Waals surface area (Å²) in [5.74, 6) is 0.619. The first kappa shape index (κ1) is 19.8. The van der Waals surface area contributed by atoms with Gasteiger partial charge in [-0.3, -0.25) is 14.2 Å². The molecule has 0 radical (unpaired) electrons. The minimum absolute atomic E-state index is 0.0681. The van der Waals surface area contributed by atoms with Crippen LogP contribution in [0.15, 0.2) is 69.4 Å². The molecule has 148 valence electrons. The molecule has 3 aromatic rings. The summed E-state index contributed by atoms with van der Waals surface area (Å²) in [6, 6.07) is 17.3. The van der Waals surface area contributed by atoms with Crippen molar-refractivity contribution in [1.29, 1.82) is 0 Å². The summed E-state index contributed by atoms with van der Waals surface area (Å²) in [5.41, 5.74) is 3.56. The first-order valence-electron chi connectivity index (χ1n) is 9.30. The van der Waals surface area contributed by atoms with Crippen LogP contribution in [0.3, 0.4) is 0 Å². The van der Waals surface area contributed by atoms with Crippen LogP contribution < -0.4 is 5.56 Å². The van der Waals surface area contributed by atoms with Gasteiger partial charge in [0.2, 0.25) is 0 Å². The Hall–Kier alpha value is -2.51. The van der Waals surface area contributed by atoms with E-state index >= 15 is 0 Å². The maximum atomic E-state index is 13.1. The van der Waals surface area contributed by atoms with Crippen LogP contribution in [0.2, 0.25) is 0 Å². The van der Waals surface area contributed by atoms with E-state index in [0.717, 1.165) is 34.7 Å². The van der Waals surface area contributed by atoms with Gasteiger partial charge in [0.05, 0.1) is 22.0 Å². The third-order valence-corrected chi connectivity index (χ3v) is 6.54. The SMILES string of the molecule is Cc1ccc(-n2c(SCC(=O)OCc3ccccc3)nc3c(c2=O)SCC3)cc1. The predicted octanol–water partition coefficient (Wildman–Crippen LogP) is 4.02. The minimum atomic E-state index is -0.335. The molecule has 5 nitrogen and oxygen atoms in total. The van der Waals surface area contributed by atoms with Crippen molar-refractivity contribution in [3.63, 3.8) is 0 Å². The fourth-order valence-corrected chi connectivity index (χ4v) is 4.86. The Bertz CT molecular complexity index is 1080. The molecule has 0 atom stereocenters. The van der Waals surface area contributed by atoms with Crippen LogP contribution in [-0.4, -0.2) is 27.0 Å². The molecule has 0 bridgehead atoms. The van der Waals surface area contributed by atoms with Crippen LogP contribution in [0, 0.1) is 6.92 Å². The number of rotatable bonds is 6. The van der Waals surface area contributed by atoms with Crippen molar-refractivity contribution in [2.75, 3.05) is 11.5 Å². The van der Waals surface area contributed by atoms with Crippen molar-refractivity contribution < 1.29 is 9.53 Å². The van der Waals surface area contributed by atoms with E-state index in [1.165, 1.54) is 11.8 Å². The lowest BCUT2D eigenvalue weighted by molar-refractivity contribution is -0.141. The number of nitrogens with zero attached hydrogens (tertiary/aromatic N) is 2. The molecule has 0 aliphatic carbocycles. The molecule has 1 aliphatic heterocycles. The molecule has 1 aromatic heterocycles. The molecule has 1 aliphatic rings. The van der Waals surface area contributed by atoms with Gasteiger partial charge in [0.15, 0.2) is 5.16 Å². The van der Waals surface area contributed by atoms with E-state index in [2.05, 4.69) is 0 Å². The Morgan fingerprint density at radius 2 is 1.93 bits per heavy atom. The Labute approximate surface area is 177 Å². The summed E-state index contributed by atoms with van der Waals surface area (Å²) < 4.78 is 6.96. The van der Waals surface area contributed by atoms with E-state index in [0.29, 0.717) is 10.1 Å². The molecule has 0 N–H and O–H groups in total. The van der Waals surface area contributed by atoms with Gasteiger partial charge in [-0.25, -0.2) is 4.98 Å². The zero-order valence-electron chi connectivity index (χ0n) is 16.0. The van der Waals surface area contributed by atoms with E-state index in [-0.39, 0.29) is 23.9 Å². The van der Waals surface area contributed by atoms with Crippen molar-refractivity contribution in [2.45, 2.75) is 30.0 Å². The molecule has 0 saturated carbocycles. The molecule has 7 heteroatoms. The number of aromatic nitrogens is 2. The van der Waals surface area contributed by atoms with Crippen LogP contribution in [0.25, 0.3) is 5.69 Å². The first-order chi connectivity index (χ1) is 14.1. The average Bonchev–Trinajstić information content (AvgIpc) is 3.21. The maximum absolute atomic E-state index is 13.1. The monoisotopic (exact) mass is 424 g/mol. The molecule has 0 unspecified atom stereocenters. The Balaban J connectivity index is 1.55. The zero-order valence-corrected chi connectivity index (χ0v) is 17.6. The predicted molar refractivity (Wildman–Crippen MR) is 116 cm³/mol. The molecule has 0 spiro atoms. The topological polar surface area (TPSA) is 61.2 Å². The van der Waals surface area contributed by atoms with Crippen molar-refractivity contribution >= 4 is 29.5 Å². The normalized spacial score (nSPS) is 12.6. The zero-order chi connectivity index (χ0) is 20.2. The minimum Gasteiger partial charge on any atom is -0.460 e. The summed E-state index contributed by atoms with van der Waals surface area (Å²) in [5, 5.41) is 0.525. The molecule has 0 fully saturated rings. The van der Waals surface area contributed by atoms with Gasteiger partial charge >= 0.3 is 5.97 Å². The number of ether oxygens (including phenoxy) is 1. The van der Waals surface area contributed by atoms with Crippen LogP contribution >= 0.6 is 23.5 Å². The lowest BCUT2D eigenvalue weighted by Gasteiger charge is -2.14. The van der Waals surface area contributed by atoms with Crippen LogP contribution in [0.5, 0.6) is 0 Å². The van der Waals surface area contributed by atoms with Crippen molar-refractivity contribution in [1.82, 2.24) is 9.55 Å². The van der Waals surface area contributed by atoms with Crippen molar-refractivity contribution in [3.8, 4) is 5.69 Å². The fraction of sp³-hybridized carbons (Fsp3) is 0.227. The fourth-order valence-electron chi connectivity index (χ4n) is 3.01. The largest absolute Gasteiger partial charge is 0.460 e. The third-order valence-electron chi connectivity index (χ3n) is 4.52. The Morgan fingerprint density at radius 1 is 1.17 bits per heavy atom. The van der Waals surface area contributed by atoms with Gasteiger partial charge in [0.25, 0.3) is 5.56 Å². The van der Waals surface area contributed by atoms with Gasteiger partial charge in [-0.1, -0.05) is 59.8 Å². The number of carbonyl (C=O) groups excluding carboxylic acids is 1. The summed E-state index contributed by atoms with van der Waals surface area (Å²) in [4.78, 5) is 30.7. The first-order valence-corrected chi connectivity index (χ1v) is 11.3. The lowest BCUT2D eigenvalue weighted by Crippen LogP contribution is -2.24. The number of carbonyl (C=O) groups is 1. The Morgan fingerprint density at radius 3 is 2.69 bits per heavy atom. The van der Waals surface area contributed by atoms with Crippen LogP contribution in [-0.2, 0) is 22.6 Å². The summed E-state index contributed by atoms with van der Waals surface area (Å²) in [6.45, 7) is 2.24. The second-order valence-corrected chi connectivity index (χ2v) is 8.73. The molecule has 2 aromatic carbocycles. The van der Waals surface area contributed by atoms with Gasteiger partial charge < -0.3 is 4.74 Å². The molecule has 0 amide bonds. The number of esters is 1. The van der Waals surface area contributed by atoms with Crippen LogP contribution in [0.1, 0.15) is 16.8 Å². The molecular formula is C22H20N2O3S2. The molecule has 4 rings (SSSR count).